The van der Waals surface area contributed by atoms with E-state index in [1.165, 1.54) is 0 Å². The molecule has 0 unspecified atom stereocenters. The molecule has 1 aromatic carbocycles. The molecule has 10 nitrogen and oxygen atoms in total. The molecular formula is C35H35N5O5. The SMILES string of the molecule is Cc1cc(-c2cccnc2)nc2c(C(=O)Nc3ccc(C#CCCCCCCCCC(=O)ON4C(=O)CCC4=O)cc3)ccn12. The summed E-state index contributed by atoms with van der Waals surface area (Å²) in [6, 6.07) is 15.0. The number of carbonyl (C=O) groups excluding carboxylic acids is 4. The van der Waals surface area contributed by atoms with Crippen molar-refractivity contribution < 1.29 is 24.0 Å². The van der Waals surface area contributed by atoms with Crippen molar-refractivity contribution in [2.75, 3.05) is 5.32 Å². The predicted molar refractivity (Wildman–Crippen MR) is 169 cm³/mol. The van der Waals surface area contributed by atoms with Gasteiger partial charge in [0.25, 0.3) is 17.7 Å². The van der Waals surface area contributed by atoms with Crippen molar-refractivity contribution in [3.05, 3.63) is 83.9 Å². The molecule has 4 aromatic rings. The van der Waals surface area contributed by atoms with Gasteiger partial charge in [0.15, 0.2) is 0 Å². The van der Waals surface area contributed by atoms with E-state index in [0.717, 1.165) is 61.0 Å². The molecule has 0 saturated carbocycles. The van der Waals surface area contributed by atoms with E-state index < -0.39 is 17.8 Å². The van der Waals surface area contributed by atoms with E-state index in [-0.39, 0.29) is 25.2 Å². The molecule has 1 saturated heterocycles. The second-order valence-corrected chi connectivity index (χ2v) is 10.9. The number of unbranched alkanes of at least 4 members (excludes halogenated alkanes) is 6. The zero-order valence-corrected chi connectivity index (χ0v) is 25.3. The van der Waals surface area contributed by atoms with Gasteiger partial charge in [-0.05, 0) is 68.3 Å². The lowest BCUT2D eigenvalue weighted by Crippen LogP contribution is -2.31. The third-order valence-corrected chi connectivity index (χ3v) is 7.52. The Bertz CT molecular complexity index is 1740. The van der Waals surface area contributed by atoms with Crippen LogP contribution >= 0.6 is 0 Å². The maximum Gasteiger partial charge on any atom is 0.333 e. The first-order chi connectivity index (χ1) is 21.9. The van der Waals surface area contributed by atoms with Gasteiger partial charge in [-0.3, -0.25) is 19.4 Å². The molecule has 3 amide bonds. The first kappa shape index (κ1) is 31.1. The quantitative estimate of drug-likeness (QED) is 0.119. The number of nitrogens with zero attached hydrogens (tertiary/aromatic N) is 4. The number of rotatable bonds is 12. The number of nitrogens with one attached hydrogen (secondary N) is 1. The summed E-state index contributed by atoms with van der Waals surface area (Å²) in [6.07, 6.45) is 12.1. The molecule has 1 aliphatic heterocycles. The minimum atomic E-state index is -0.540. The van der Waals surface area contributed by atoms with Crippen LogP contribution in [-0.4, -0.2) is 43.1 Å². The van der Waals surface area contributed by atoms with Crippen LogP contribution in [0.15, 0.2) is 67.1 Å². The van der Waals surface area contributed by atoms with Gasteiger partial charge in [-0.2, -0.15) is 0 Å². The normalized spacial score (nSPS) is 12.7. The van der Waals surface area contributed by atoms with Crippen molar-refractivity contribution in [3.8, 4) is 23.1 Å². The molecule has 3 aromatic heterocycles. The van der Waals surface area contributed by atoms with E-state index >= 15 is 0 Å². The highest BCUT2D eigenvalue weighted by Gasteiger charge is 2.32. The van der Waals surface area contributed by atoms with E-state index in [1.54, 1.807) is 18.5 Å². The molecule has 230 valence electrons. The summed E-state index contributed by atoms with van der Waals surface area (Å²) in [5.41, 5.74) is 5.25. The van der Waals surface area contributed by atoms with E-state index in [9.17, 15) is 19.2 Å². The highest BCUT2D eigenvalue weighted by molar-refractivity contribution is 6.08. The summed E-state index contributed by atoms with van der Waals surface area (Å²) in [7, 11) is 0. The number of hydrogen-bond donors (Lipinski definition) is 1. The summed E-state index contributed by atoms with van der Waals surface area (Å²) < 4.78 is 1.90. The summed E-state index contributed by atoms with van der Waals surface area (Å²) >= 11 is 0. The minimum absolute atomic E-state index is 0.101. The maximum absolute atomic E-state index is 13.2. The first-order valence-electron chi connectivity index (χ1n) is 15.2. The molecule has 4 heterocycles. The second-order valence-electron chi connectivity index (χ2n) is 10.9. The van der Waals surface area contributed by atoms with Crippen LogP contribution in [0.25, 0.3) is 16.9 Å². The van der Waals surface area contributed by atoms with E-state index in [4.69, 9.17) is 9.82 Å². The molecule has 1 N–H and O–H groups in total. The van der Waals surface area contributed by atoms with Crippen LogP contribution in [0.3, 0.4) is 0 Å². The number of pyridine rings is 1. The van der Waals surface area contributed by atoms with E-state index in [1.807, 2.05) is 60.0 Å². The van der Waals surface area contributed by atoms with Crippen LogP contribution in [0.1, 0.15) is 85.8 Å². The largest absolute Gasteiger partial charge is 0.333 e. The molecule has 0 aliphatic carbocycles. The number of imide groups is 1. The second kappa shape index (κ2) is 14.9. The van der Waals surface area contributed by atoms with E-state index in [0.29, 0.717) is 28.4 Å². The summed E-state index contributed by atoms with van der Waals surface area (Å²) in [5.74, 6) is 4.71. The van der Waals surface area contributed by atoms with Crippen LogP contribution in [0.4, 0.5) is 5.69 Å². The Kier molecular flexibility index (Phi) is 10.3. The number of aromatic nitrogens is 3. The van der Waals surface area contributed by atoms with Crippen molar-refractivity contribution >= 4 is 35.0 Å². The topological polar surface area (TPSA) is 123 Å². The Balaban J connectivity index is 1.01. The highest BCUT2D eigenvalue weighted by Crippen LogP contribution is 2.22. The lowest BCUT2D eigenvalue weighted by molar-refractivity contribution is -0.197. The van der Waals surface area contributed by atoms with Gasteiger partial charge in [-0.25, -0.2) is 9.78 Å². The standard InChI is InChI=1S/C35H35N5O5/c1-25-23-30(27-12-10-21-36-24-27)38-34-29(20-22-39(25)34)35(44)37-28-16-14-26(15-17-28)11-8-6-4-2-3-5-7-9-13-33(43)45-40-31(41)18-19-32(40)42/h10,12,14-17,20-24H,2-7,9,13,18-19H2,1H3,(H,37,44). The number of hydrogen-bond acceptors (Lipinski definition) is 7. The Hall–Kier alpha value is -5.30. The van der Waals surface area contributed by atoms with Gasteiger partial charge in [-0.15, -0.1) is 5.06 Å². The third-order valence-electron chi connectivity index (χ3n) is 7.52. The zero-order chi connectivity index (χ0) is 31.6. The number of amides is 3. The van der Waals surface area contributed by atoms with Gasteiger partial charge in [0.1, 0.15) is 5.65 Å². The van der Waals surface area contributed by atoms with Gasteiger partial charge in [0, 0.05) is 66.8 Å². The van der Waals surface area contributed by atoms with Crippen molar-refractivity contribution in [1.29, 1.82) is 0 Å². The number of carbonyl (C=O) groups is 4. The van der Waals surface area contributed by atoms with Gasteiger partial charge < -0.3 is 14.6 Å². The van der Waals surface area contributed by atoms with Crippen molar-refractivity contribution in [3.63, 3.8) is 0 Å². The molecule has 0 bridgehead atoms. The number of fused-ring (bicyclic) bond motifs is 1. The molecule has 0 radical (unpaired) electrons. The summed E-state index contributed by atoms with van der Waals surface area (Å²) in [4.78, 5) is 61.8. The van der Waals surface area contributed by atoms with Crippen LogP contribution in [-0.2, 0) is 19.2 Å². The molecule has 1 aliphatic rings. The predicted octanol–water partition coefficient (Wildman–Crippen LogP) is 6.04. The number of hydroxylamine groups is 2. The van der Waals surface area contributed by atoms with Crippen LogP contribution in [0, 0.1) is 18.8 Å². The van der Waals surface area contributed by atoms with Crippen molar-refractivity contribution in [2.24, 2.45) is 0 Å². The molecule has 5 rings (SSSR count). The number of benzene rings is 1. The fourth-order valence-corrected chi connectivity index (χ4v) is 5.07. The van der Waals surface area contributed by atoms with Gasteiger partial charge in [0.05, 0.1) is 11.3 Å². The third kappa shape index (κ3) is 8.21. The Labute approximate surface area is 261 Å². The molecule has 1 fully saturated rings. The monoisotopic (exact) mass is 605 g/mol. The van der Waals surface area contributed by atoms with Gasteiger partial charge >= 0.3 is 5.97 Å². The van der Waals surface area contributed by atoms with Crippen molar-refractivity contribution in [2.45, 2.75) is 71.1 Å². The van der Waals surface area contributed by atoms with Crippen LogP contribution < -0.4 is 5.32 Å². The number of aryl methyl sites for hydroxylation is 1. The van der Waals surface area contributed by atoms with Gasteiger partial charge in [-0.1, -0.05) is 37.5 Å². The smallest absolute Gasteiger partial charge is 0.330 e. The zero-order valence-electron chi connectivity index (χ0n) is 25.3. The summed E-state index contributed by atoms with van der Waals surface area (Å²) in [6.45, 7) is 1.98. The highest BCUT2D eigenvalue weighted by atomic mass is 16.7. The van der Waals surface area contributed by atoms with E-state index in [2.05, 4.69) is 22.1 Å². The lowest BCUT2D eigenvalue weighted by atomic mass is 10.1. The van der Waals surface area contributed by atoms with Crippen molar-refractivity contribution in [1.82, 2.24) is 19.4 Å². The molecular weight excluding hydrogens is 570 g/mol. The Morgan fingerprint density at radius 3 is 2.42 bits per heavy atom. The fourth-order valence-electron chi connectivity index (χ4n) is 5.07. The average Bonchev–Trinajstić information content (AvgIpc) is 3.62. The molecule has 45 heavy (non-hydrogen) atoms. The average molecular weight is 606 g/mol. The fraction of sp³-hybridized carbons (Fsp3) is 0.314. The lowest BCUT2D eigenvalue weighted by Gasteiger charge is -2.12. The minimum Gasteiger partial charge on any atom is -0.330 e. The Morgan fingerprint density at radius 1 is 0.956 bits per heavy atom. The van der Waals surface area contributed by atoms with Crippen LogP contribution in [0.5, 0.6) is 0 Å². The maximum atomic E-state index is 13.2. The molecule has 10 heteroatoms. The van der Waals surface area contributed by atoms with Crippen LogP contribution in [0.2, 0.25) is 0 Å². The number of anilines is 1. The molecule has 0 atom stereocenters. The Morgan fingerprint density at radius 2 is 1.69 bits per heavy atom. The molecule has 0 spiro atoms. The first-order valence-corrected chi connectivity index (χ1v) is 15.2. The van der Waals surface area contributed by atoms with Gasteiger partial charge in [0.2, 0.25) is 0 Å². The summed E-state index contributed by atoms with van der Waals surface area (Å²) in [5, 5.41) is 3.56.